The number of rotatable bonds is 3. The first-order valence-corrected chi connectivity index (χ1v) is 8.31. The van der Waals surface area contributed by atoms with Gasteiger partial charge in [0.1, 0.15) is 0 Å². The normalized spacial score (nSPS) is 16.0. The van der Waals surface area contributed by atoms with E-state index in [1.807, 2.05) is 36.5 Å². The van der Waals surface area contributed by atoms with Gasteiger partial charge < -0.3 is 4.90 Å². The highest BCUT2D eigenvalue weighted by Crippen LogP contribution is 2.38. The van der Waals surface area contributed by atoms with Crippen molar-refractivity contribution >= 4 is 23.2 Å². The van der Waals surface area contributed by atoms with E-state index < -0.39 is 0 Å². The molecule has 0 saturated heterocycles. The third kappa shape index (κ3) is 3.07. The Morgan fingerprint density at radius 2 is 1.79 bits per heavy atom. The molecule has 3 nitrogen and oxygen atoms in total. The molecule has 0 radical (unpaired) electrons. The summed E-state index contributed by atoms with van der Waals surface area (Å²) in [4.78, 5) is 2.34. The summed E-state index contributed by atoms with van der Waals surface area (Å²) in [5, 5.41) is 4.39. The summed E-state index contributed by atoms with van der Waals surface area (Å²) in [6.45, 7) is 8.81. The van der Waals surface area contributed by atoms with Crippen molar-refractivity contribution in [3.63, 3.8) is 0 Å². The summed E-state index contributed by atoms with van der Waals surface area (Å²) in [5.41, 5.74) is 10.3. The van der Waals surface area contributed by atoms with Crippen LogP contribution in [-0.4, -0.2) is 18.8 Å². The number of aryl methyl sites for hydroxylation is 1. The average Bonchev–Trinajstić information content (AvgIpc) is 2.54. The Labute approximate surface area is 144 Å². The van der Waals surface area contributed by atoms with Crippen molar-refractivity contribution in [2.75, 3.05) is 17.4 Å². The van der Waals surface area contributed by atoms with E-state index in [1.54, 1.807) is 0 Å². The molecule has 3 rings (SSSR count). The number of allylic oxidation sites excluding steroid dienone is 1. The number of fused-ring (bicyclic) bond motifs is 1. The van der Waals surface area contributed by atoms with Crippen molar-refractivity contribution in [2.24, 2.45) is 5.10 Å². The van der Waals surface area contributed by atoms with Gasteiger partial charge in [-0.3, -0.25) is 5.43 Å². The molecule has 1 N–H and O–H groups in total. The number of hydrogen-bond donors (Lipinski definition) is 1. The first-order chi connectivity index (χ1) is 11.4. The molecule has 2 aromatic rings. The highest BCUT2D eigenvalue weighted by atomic mass is 15.3. The Kier molecular flexibility index (Phi) is 4.18. The Hall–Kier alpha value is -2.55. The quantitative estimate of drug-likeness (QED) is 0.631. The minimum atomic E-state index is 0.0357. The molecular formula is C21H25N3. The van der Waals surface area contributed by atoms with E-state index in [-0.39, 0.29) is 5.54 Å². The molecule has 1 aliphatic heterocycles. The number of hydrazone groups is 1. The van der Waals surface area contributed by atoms with E-state index in [4.69, 9.17) is 0 Å². The molecule has 0 spiro atoms. The second-order valence-electron chi connectivity index (χ2n) is 7.00. The van der Waals surface area contributed by atoms with Crippen molar-refractivity contribution in [1.29, 1.82) is 0 Å². The fourth-order valence-electron chi connectivity index (χ4n) is 3.15. The zero-order valence-electron chi connectivity index (χ0n) is 15.1. The lowest BCUT2D eigenvalue weighted by Gasteiger charge is -2.41. The summed E-state index contributed by atoms with van der Waals surface area (Å²) < 4.78 is 0. The van der Waals surface area contributed by atoms with Crippen molar-refractivity contribution in [1.82, 2.24) is 0 Å². The standard InChI is InChI=1S/C21H25N3/c1-15-11-20-19(16(2)13-21(3,4)24(20)5)12-17(15)14-22-23-18-9-7-6-8-10-18/h6-14,23H,1-5H3/b22-14+. The second-order valence-corrected chi connectivity index (χ2v) is 7.00. The Bertz CT molecular complexity index is 801. The van der Waals surface area contributed by atoms with Gasteiger partial charge in [0.25, 0.3) is 0 Å². The minimum absolute atomic E-state index is 0.0357. The van der Waals surface area contributed by atoms with Crippen LogP contribution in [0, 0.1) is 6.92 Å². The van der Waals surface area contributed by atoms with Gasteiger partial charge in [-0.2, -0.15) is 5.10 Å². The van der Waals surface area contributed by atoms with Crippen LogP contribution >= 0.6 is 0 Å². The number of nitrogens with zero attached hydrogens (tertiary/aromatic N) is 2. The topological polar surface area (TPSA) is 27.6 Å². The molecule has 0 bridgehead atoms. The van der Waals surface area contributed by atoms with Crippen molar-refractivity contribution in [3.05, 3.63) is 65.2 Å². The predicted molar refractivity (Wildman–Crippen MR) is 105 cm³/mol. The summed E-state index contributed by atoms with van der Waals surface area (Å²) >= 11 is 0. The second kappa shape index (κ2) is 6.16. The van der Waals surface area contributed by atoms with Gasteiger partial charge in [-0.15, -0.1) is 0 Å². The zero-order chi connectivity index (χ0) is 17.3. The number of nitrogens with one attached hydrogen (secondary N) is 1. The fourth-order valence-corrected chi connectivity index (χ4v) is 3.15. The lowest BCUT2D eigenvalue weighted by atomic mass is 9.87. The van der Waals surface area contributed by atoms with Gasteiger partial charge in [0.05, 0.1) is 17.4 Å². The van der Waals surface area contributed by atoms with E-state index in [9.17, 15) is 0 Å². The van der Waals surface area contributed by atoms with E-state index in [2.05, 4.69) is 68.4 Å². The molecule has 0 amide bonds. The molecule has 0 unspecified atom stereocenters. The predicted octanol–water partition coefficient (Wildman–Crippen LogP) is 5.07. The summed E-state index contributed by atoms with van der Waals surface area (Å²) in [5.74, 6) is 0. The van der Waals surface area contributed by atoms with Crippen molar-refractivity contribution < 1.29 is 0 Å². The SMILES string of the molecule is CC1=CC(C)(C)N(C)c2cc(C)c(/C=N/Nc3ccccc3)cc21. The van der Waals surface area contributed by atoms with Gasteiger partial charge >= 0.3 is 0 Å². The third-order valence-corrected chi connectivity index (χ3v) is 4.78. The largest absolute Gasteiger partial charge is 0.365 e. The molecular weight excluding hydrogens is 294 g/mol. The molecule has 24 heavy (non-hydrogen) atoms. The van der Waals surface area contributed by atoms with Crippen LogP contribution in [0.15, 0.2) is 53.6 Å². The highest BCUT2D eigenvalue weighted by molar-refractivity contribution is 5.89. The van der Waals surface area contributed by atoms with Gasteiger partial charge in [0.15, 0.2) is 0 Å². The molecule has 0 aliphatic carbocycles. The Balaban J connectivity index is 1.91. The monoisotopic (exact) mass is 319 g/mol. The molecule has 0 fully saturated rings. The molecule has 0 saturated carbocycles. The lowest BCUT2D eigenvalue weighted by molar-refractivity contribution is 0.597. The average molecular weight is 319 g/mol. The summed E-state index contributed by atoms with van der Waals surface area (Å²) in [7, 11) is 2.16. The molecule has 2 aromatic carbocycles. The third-order valence-electron chi connectivity index (χ3n) is 4.78. The maximum absolute atomic E-state index is 4.39. The maximum Gasteiger partial charge on any atom is 0.0561 e. The number of hydrogen-bond acceptors (Lipinski definition) is 3. The highest BCUT2D eigenvalue weighted by Gasteiger charge is 2.28. The van der Waals surface area contributed by atoms with Crippen LogP contribution in [0.4, 0.5) is 11.4 Å². The van der Waals surface area contributed by atoms with Gasteiger partial charge in [-0.05, 0) is 68.7 Å². The molecule has 0 aromatic heterocycles. The van der Waals surface area contributed by atoms with Crippen LogP contribution in [0.1, 0.15) is 37.5 Å². The summed E-state index contributed by atoms with van der Waals surface area (Å²) in [6.07, 6.45) is 4.23. The summed E-state index contributed by atoms with van der Waals surface area (Å²) in [6, 6.07) is 14.5. The van der Waals surface area contributed by atoms with Crippen LogP contribution in [0.25, 0.3) is 5.57 Å². The first kappa shape index (κ1) is 16.3. The molecule has 0 atom stereocenters. The zero-order valence-corrected chi connectivity index (χ0v) is 15.1. The van der Waals surface area contributed by atoms with Crippen LogP contribution in [0.3, 0.4) is 0 Å². The molecule has 124 valence electrons. The van der Waals surface area contributed by atoms with Crippen molar-refractivity contribution in [2.45, 2.75) is 33.2 Å². The number of anilines is 2. The molecule has 1 aliphatic rings. The van der Waals surface area contributed by atoms with Crippen LogP contribution < -0.4 is 10.3 Å². The maximum atomic E-state index is 4.39. The van der Waals surface area contributed by atoms with Crippen molar-refractivity contribution in [3.8, 4) is 0 Å². The molecule has 3 heteroatoms. The van der Waals surface area contributed by atoms with E-state index in [0.717, 1.165) is 11.3 Å². The molecule has 1 heterocycles. The van der Waals surface area contributed by atoms with Crippen LogP contribution in [0.5, 0.6) is 0 Å². The number of likely N-dealkylation sites (N-methyl/N-ethyl adjacent to an activating group) is 1. The van der Waals surface area contributed by atoms with Crippen LogP contribution in [-0.2, 0) is 0 Å². The van der Waals surface area contributed by atoms with E-state index in [1.165, 1.54) is 22.4 Å². The van der Waals surface area contributed by atoms with Gasteiger partial charge in [0.2, 0.25) is 0 Å². The van der Waals surface area contributed by atoms with E-state index >= 15 is 0 Å². The van der Waals surface area contributed by atoms with Gasteiger partial charge in [-0.1, -0.05) is 24.3 Å². The smallest absolute Gasteiger partial charge is 0.0561 e. The van der Waals surface area contributed by atoms with Crippen LogP contribution in [0.2, 0.25) is 0 Å². The van der Waals surface area contributed by atoms with Gasteiger partial charge in [-0.25, -0.2) is 0 Å². The Morgan fingerprint density at radius 3 is 2.50 bits per heavy atom. The number of benzene rings is 2. The first-order valence-electron chi connectivity index (χ1n) is 8.31. The minimum Gasteiger partial charge on any atom is -0.365 e. The van der Waals surface area contributed by atoms with Gasteiger partial charge in [0, 0.05) is 18.3 Å². The Morgan fingerprint density at radius 1 is 1.08 bits per heavy atom. The number of para-hydroxylation sites is 1. The lowest BCUT2D eigenvalue weighted by Crippen LogP contribution is -2.42. The fraction of sp³-hybridized carbons (Fsp3) is 0.286. The van der Waals surface area contributed by atoms with E-state index in [0.29, 0.717) is 0 Å².